The van der Waals surface area contributed by atoms with Crippen molar-refractivity contribution in [2.75, 3.05) is 13.2 Å². The molecule has 0 aliphatic heterocycles. The first-order valence-corrected chi connectivity index (χ1v) is 15.3. The van der Waals surface area contributed by atoms with Crippen molar-refractivity contribution < 1.29 is 29.3 Å². The Balaban J connectivity index is 3.84. The summed E-state index contributed by atoms with van der Waals surface area (Å²) in [6.07, 6.45) is 30.6. The summed E-state index contributed by atoms with van der Waals surface area (Å²) in [5.74, 6) is -0.711. The fourth-order valence-electron chi connectivity index (χ4n) is 3.80. The number of aliphatic hydroxyl groups excluding tert-OH is 2. The molecule has 6 heteroatoms. The lowest BCUT2D eigenvalue weighted by atomic mass is 10.1. The number of unbranched alkanes of at least 4 members (excludes halogenated alkanes) is 10. The van der Waals surface area contributed by atoms with Gasteiger partial charge in [0.1, 0.15) is 6.61 Å². The van der Waals surface area contributed by atoms with Crippen LogP contribution in [0.4, 0.5) is 0 Å². The van der Waals surface area contributed by atoms with Crippen LogP contribution in [0.5, 0.6) is 0 Å². The van der Waals surface area contributed by atoms with Crippen LogP contribution in [0.2, 0.25) is 0 Å². The van der Waals surface area contributed by atoms with Crippen LogP contribution in [0.25, 0.3) is 0 Å². The molecule has 0 radical (unpaired) electrons. The van der Waals surface area contributed by atoms with Crippen LogP contribution in [-0.2, 0) is 19.1 Å². The normalized spacial score (nSPS) is 13.6. The predicted molar refractivity (Wildman–Crippen MR) is 160 cm³/mol. The van der Waals surface area contributed by atoms with Crippen molar-refractivity contribution in [1.82, 2.24) is 0 Å². The Kier molecular flexibility index (Phi) is 27.2. The van der Waals surface area contributed by atoms with Crippen molar-refractivity contribution in [2.45, 2.75) is 135 Å². The number of carbonyl (C=O) groups excluding carboxylic acids is 2. The minimum atomic E-state index is -0.816. The molecule has 0 fully saturated rings. The Hall–Kier alpha value is -2.18. The molecule has 0 unspecified atom stereocenters. The van der Waals surface area contributed by atoms with Gasteiger partial charge in [0.2, 0.25) is 0 Å². The minimum Gasteiger partial charge on any atom is -0.462 e. The van der Waals surface area contributed by atoms with Crippen LogP contribution in [0.3, 0.4) is 0 Å². The number of allylic oxidation sites excluding steroid dienone is 6. The molecule has 0 bridgehead atoms. The number of rotatable bonds is 26. The smallest absolute Gasteiger partial charge is 0.306 e. The molecule has 0 aromatic carbocycles. The van der Waals surface area contributed by atoms with Gasteiger partial charge in [-0.25, -0.2) is 0 Å². The zero-order valence-electron chi connectivity index (χ0n) is 24.7. The second-order valence-corrected chi connectivity index (χ2v) is 10.0. The average molecular weight is 549 g/mol. The highest BCUT2D eigenvalue weighted by Gasteiger charge is 2.15. The molecule has 0 aliphatic rings. The fraction of sp³-hybridized carbons (Fsp3) is 0.697. The van der Waals surface area contributed by atoms with Gasteiger partial charge in [-0.2, -0.15) is 0 Å². The lowest BCUT2D eigenvalue weighted by Gasteiger charge is -2.15. The summed E-state index contributed by atoms with van der Waals surface area (Å²) in [6.45, 7) is 3.91. The van der Waals surface area contributed by atoms with Gasteiger partial charge in [0.05, 0.1) is 12.7 Å². The molecule has 2 atom stereocenters. The minimum absolute atomic E-state index is 0.107. The molecule has 0 aliphatic carbocycles. The Morgan fingerprint density at radius 2 is 1.36 bits per heavy atom. The summed E-state index contributed by atoms with van der Waals surface area (Å²) in [5, 5.41) is 19.4. The molecule has 0 spiro atoms. The Morgan fingerprint density at radius 3 is 2.10 bits per heavy atom. The molecule has 39 heavy (non-hydrogen) atoms. The third-order valence-electron chi connectivity index (χ3n) is 6.21. The highest BCUT2D eigenvalue weighted by atomic mass is 16.6. The summed E-state index contributed by atoms with van der Waals surface area (Å²) >= 11 is 0. The van der Waals surface area contributed by atoms with E-state index in [4.69, 9.17) is 9.47 Å². The molecule has 0 aromatic heterocycles. The van der Waals surface area contributed by atoms with E-state index in [-0.39, 0.29) is 25.6 Å². The second kappa shape index (κ2) is 28.8. The number of esters is 2. The van der Waals surface area contributed by atoms with Gasteiger partial charge in [-0.05, 0) is 44.9 Å². The summed E-state index contributed by atoms with van der Waals surface area (Å²) in [5.41, 5.74) is 0. The Bertz CT molecular complexity index is 694. The van der Waals surface area contributed by atoms with Gasteiger partial charge >= 0.3 is 11.9 Å². The lowest BCUT2D eigenvalue weighted by Crippen LogP contribution is -2.28. The quantitative estimate of drug-likeness (QED) is 0.0498. The highest BCUT2D eigenvalue weighted by molar-refractivity contribution is 5.70. The van der Waals surface area contributed by atoms with Gasteiger partial charge < -0.3 is 19.7 Å². The maximum Gasteiger partial charge on any atom is 0.306 e. The van der Waals surface area contributed by atoms with Crippen LogP contribution in [0, 0.1) is 0 Å². The van der Waals surface area contributed by atoms with E-state index in [0.29, 0.717) is 19.3 Å². The van der Waals surface area contributed by atoms with Gasteiger partial charge in [-0.1, -0.05) is 114 Å². The van der Waals surface area contributed by atoms with E-state index >= 15 is 0 Å². The first-order valence-electron chi connectivity index (χ1n) is 15.3. The number of aliphatic hydroxyl groups is 2. The summed E-state index contributed by atoms with van der Waals surface area (Å²) in [7, 11) is 0. The maximum atomic E-state index is 12.0. The molecular weight excluding hydrogens is 492 g/mol. The van der Waals surface area contributed by atoms with E-state index < -0.39 is 18.2 Å². The third-order valence-corrected chi connectivity index (χ3v) is 6.21. The van der Waals surface area contributed by atoms with Gasteiger partial charge in [-0.15, -0.1) is 0 Å². The van der Waals surface area contributed by atoms with E-state index in [1.165, 1.54) is 44.9 Å². The monoisotopic (exact) mass is 548 g/mol. The molecule has 0 rings (SSSR count). The average Bonchev–Trinajstić information content (AvgIpc) is 2.93. The largest absolute Gasteiger partial charge is 0.462 e. The van der Waals surface area contributed by atoms with Crippen LogP contribution < -0.4 is 0 Å². The number of ether oxygens (including phenoxy) is 2. The van der Waals surface area contributed by atoms with E-state index in [9.17, 15) is 19.8 Å². The summed E-state index contributed by atoms with van der Waals surface area (Å²) in [6, 6.07) is 0. The summed E-state index contributed by atoms with van der Waals surface area (Å²) < 4.78 is 10.4. The van der Waals surface area contributed by atoms with E-state index in [2.05, 4.69) is 19.9 Å². The van der Waals surface area contributed by atoms with Crippen molar-refractivity contribution >= 4 is 11.9 Å². The third kappa shape index (κ3) is 27.2. The molecule has 0 saturated heterocycles. The predicted octanol–water partition coefficient (Wildman–Crippen LogP) is 7.69. The number of hydrogen-bond acceptors (Lipinski definition) is 6. The van der Waals surface area contributed by atoms with Crippen molar-refractivity contribution in [1.29, 1.82) is 0 Å². The van der Waals surface area contributed by atoms with Gasteiger partial charge in [0, 0.05) is 12.8 Å². The maximum absolute atomic E-state index is 12.0. The second-order valence-electron chi connectivity index (χ2n) is 10.0. The van der Waals surface area contributed by atoms with E-state index in [1.54, 1.807) is 6.08 Å². The zero-order valence-corrected chi connectivity index (χ0v) is 24.7. The standard InChI is InChI=1S/C33H56O6/c1-3-5-7-9-12-16-20-24-30(35)25-21-17-14-11-15-19-23-27-33(37)39-31(28-34)29-38-32(36)26-22-18-13-10-8-6-4-2/h11-12,15-17,20-21,24,30-31,34-35H,3-10,13-14,18-19,22-23,25-29H2,1-2H3/b15-11+,16-12-,21-17-,24-20-/t30-,31-/m0/s1. The number of carbonyl (C=O) groups is 2. The number of hydrogen-bond donors (Lipinski definition) is 2. The van der Waals surface area contributed by atoms with Gasteiger partial charge in [0.25, 0.3) is 0 Å². The Labute approximate surface area is 238 Å². The molecule has 6 nitrogen and oxygen atoms in total. The topological polar surface area (TPSA) is 93.1 Å². The molecular formula is C33H56O6. The molecule has 0 saturated carbocycles. The van der Waals surface area contributed by atoms with Crippen LogP contribution in [0.1, 0.15) is 123 Å². The van der Waals surface area contributed by atoms with Gasteiger partial charge in [0.15, 0.2) is 6.10 Å². The molecule has 0 heterocycles. The van der Waals surface area contributed by atoms with Crippen molar-refractivity contribution in [3.63, 3.8) is 0 Å². The molecule has 224 valence electrons. The fourth-order valence-corrected chi connectivity index (χ4v) is 3.80. The van der Waals surface area contributed by atoms with Gasteiger partial charge in [-0.3, -0.25) is 9.59 Å². The molecule has 0 amide bonds. The van der Waals surface area contributed by atoms with E-state index in [0.717, 1.165) is 38.5 Å². The molecule has 2 N–H and O–H groups in total. The Morgan fingerprint density at radius 1 is 0.718 bits per heavy atom. The molecule has 0 aromatic rings. The van der Waals surface area contributed by atoms with E-state index in [1.807, 2.05) is 36.5 Å². The summed E-state index contributed by atoms with van der Waals surface area (Å²) in [4.78, 5) is 23.9. The highest BCUT2D eigenvalue weighted by Crippen LogP contribution is 2.09. The van der Waals surface area contributed by atoms with Crippen LogP contribution >= 0.6 is 0 Å². The zero-order chi connectivity index (χ0) is 28.8. The van der Waals surface area contributed by atoms with Crippen molar-refractivity contribution in [3.05, 3.63) is 48.6 Å². The van der Waals surface area contributed by atoms with Crippen molar-refractivity contribution in [3.8, 4) is 0 Å². The van der Waals surface area contributed by atoms with Crippen LogP contribution in [0.15, 0.2) is 48.6 Å². The van der Waals surface area contributed by atoms with Crippen molar-refractivity contribution in [2.24, 2.45) is 0 Å². The first-order chi connectivity index (χ1) is 19.0. The first kappa shape index (κ1) is 36.8. The van der Waals surface area contributed by atoms with Crippen LogP contribution in [-0.4, -0.2) is 47.6 Å². The lowest BCUT2D eigenvalue weighted by molar-refractivity contribution is -0.161. The SMILES string of the molecule is CCCCC/C=C\C=C/[C@H](O)C/C=C\C/C=C/CCCC(=O)O[C@@H](CO)COC(=O)CCCCCCCCC.